The lowest BCUT2D eigenvalue weighted by Gasteiger charge is -2.35. The van der Waals surface area contributed by atoms with E-state index in [9.17, 15) is 9.59 Å². The van der Waals surface area contributed by atoms with Crippen LogP contribution in [0.2, 0.25) is 0 Å². The third kappa shape index (κ3) is 7.15. The molecule has 2 rings (SSSR count). The number of halogens is 1. The van der Waals surface area contributed by atoms with Crippen LogP contribution in [0.25, 0.3) is 0 Å². The van der Waals surface area contributed by atoms with Gasteiger partial charge in [-0.25, -0.2) is 0 Å². The Hall–Kier alpha value is -1.59. The molecule has 3 N–H and O–H groups in total. The van der Waals surface area contributed by atoms with E-state index in [1.165, 1.54) is 13.5 Å². The van der Waals surface area contributed by atoms with Crippen molar-refractivity contribution in [2.45, 2.75) is 51.9 Å². The van der Waals surface area contributed by atoms with Crippen LogP contribution in [-0.4, -0.2) is 32.1 Å². The Morgan fingerprint density at radius 3 is 2.56 bits per heavy atom. The predicted octanol–water partition coefficient (Wildman–Crippen LogP) is 3.16. The molecule has 1 aliphatic rings. The predicted molar refractivity (Wildman–Crippen MR) is 110 cm³/mol. The molecule has 0 spiro atoms. The van der Waals surface area contributed by atoms with Gasteiger partial charge in [-0.3, -0.25) is 9.59 Å². The van der Waals surface area contributed by atoms with E-state index in [0.717, 1.165) is 36.8 Å². The Labute approximate surface area is 168 Å². The van der Waals surface area contributed by atoms with Crippen molar-refractivity contribution in [1.82, 2.24) is 5.32 Å². The zero-order valence-corrected chi connectivity index (χ0v) is 17.3. The van der Waals surface area contributed by atoms with E-state index in [2.05, 4.69) is 11.4 Å². The third-order valence-corrected chi connectivity index (χ3v) is 5.53. The van der Waals surface area contributed by atoms with Crippen molar-refractivity contribution in [3.8, 4) is 0 Å². The first-order valence-electron chi connectivity index (χ1n) is 9.58. The van der Waals surface area contributed by atoms with Crippen LogP contribution >= 0.6 is 12.4 Å². The van der Waals surface area contributed by atoms with Crippen molar-refractivity contribution in [3.63, 3.8) is 0 Å². The molecular weight excluding hydrogens is 364 g/mol. The number of rotatable bonds is 8. The van der Waals surface area contributed by atoms with Crippen molar-refractivity contribution in [2.24, 2.45) is 17.1 Å². The average molecular weight is 397 g/mol. The molecule has 0 radical (unpaired) electrons. The molecule has 27 heavy (non-hydrogen) atoms. The van der Waals surface area contributed by atoms with Gasteiger partial charge in [-0.2, -0.15) is 0 Å². The van der Waals surface area contributed by atoms with Crippen molar-refractivity contribution in [1.29, 1.82) is 0 Å². The Morgan fingerprint density at radius 2 is 1.96 bits per heavy atom. The number of hydrogen-bond donors (Lipinski definition) is 2. The Kier molecular flexibility index (Phi) is 9.81. The summed E-state index contributed by atoms with van der Waals surface area (Å²) in [6.45, 7) is 2.86. The molecule has 1 atom stereocenters. The van der Waals surface area contributed by atoms with E-state index < -0.39 is 0 Å². The zero-order valence-electron chi connectivity index (χ0n) is 16.5. The summed E-state index contributed by atoms with van der Waals surface area (Å²) >= 11 is 0. The van der Waals surface area contributed by atoms with Crippen molar-refractivity contribution in [2.75, 3.05) is 20.2 Å². The molecule has 1 aromatic rings. The molecule has 0 aliphatic heterocycles. The highest BCUT2D eigenvalue weighted by molar-refractivity contribution is 5.85. The summed E-state index contributed by atoms with van der Waals surface area (Å²) in [5, 5.41) is 2.94. The fourth-order valence-corrected chi connectivity index (χ4v) is 3.92. The lowest BCUT2D eigenvalue weighted by atomic mass is 9.71. The highest BCUT2D eigenvalue weighted by Gasteiger charge is 2.33. The average Bonchev–Trinajstić information content (AvgIpc) is 2.65. The highest BCUT2D eigenvalue weighted by Crippen LogP contribution is 2.38. The molecule has 1 amide bonds. The maximum atomic E-state index is 12.5. The van der Waals surface area contributed by atoms with E-state index >= 15 is 0 Å². The van der Waals surface area contributed by atoms with Gasteiger partial charge in [0.05, 0.1) is 13.0 Å². The molecule has 6 heteroatoms. The number of esters is 1. The van der Waals surface area contributed by atoms with Crippen LogP contribution in [0.4, 0.5) is 0 Å². The van der Waals surface area contributed by atoms with Gasteiger partial charge in [-0.1, -0.05) is 49.1 Å². The SMILES string of the molecule is COC(=O)C(CNC(=O)CC1(CN)CCCCC1)Cc1cccc(C)c1.Cl. The number of amides is 1. The first kappa shape index (κ1) is 23.4. The quantitative estimate of drug-likeness (QED) is 0.661. The van der Waals surface area contributed by atoms with Crippen LogP contribution in [0.5, 0.6) is 0 Å². The minimum Gasteiger partial charge on any atom is -0.469 e. The van der Waals surface area contributed by atoms with Gasteiger partial charge in [0, 0.05) is 13.0 Å². The second-order valence-electron chi connectivity index (χ2n) is 7.66. The van der Waals surface area contributed by atoms with Crippen LogP contribution in [0, 0.1) is 18.3 Å². The van der Waals surface area contributed by atoms with Crippen molar-refractivity contribution < 1.29 is 14.3 Å². The number of hydrogen-bond acceptors (Lipinski definition) is 4. The van der Waals surface area contributed by atoms with E-state index in [4.69, 9.17) is 10.5 Å². The molecule has 0 aromatic heterocycles. The van der Waals surface area contributed by atoms with E-state index in [0.29, 0.717) is 25.9 Å². The maximum Gasteiger partial charge on any atom is 0.310 e. The lowest BCUT2D eigenvalue weighted by molar-refractivity contribution is -0.145. The Balaban J connectivity index is 0.00000364. The standard InChI is InChI=1S/C21H32N2O3.ClH/c1-16-7-6-8-17(11-16)12-18(20(25)26-2)14-23-19(24)13-21(15-22)9-4-3-5-10-21;/h6-8,11,18H,3-5,9-10,12-15,22H2,1-2H3,(H,23,24);1H. The van der Waals surface area contributed by atoms with Crippen LogP contribution in [0.3, 0.4) is 0 Å². The largest absolute Gasteiger partial charge is 0.469 e. The monoisotopic (exact) mass is 396 g/mol. The fraction of sp³-hybridized carbons (Fsp3) is 0.619. The highest BCUT2D eigenvalue weighted by atomic mass is 35.5. The first-order valence-corrected chi connectivity index (χ1v) is 9.58. The van der Waals surface area contributed by atoms with Gasteiger partial charge in [0.2, 0.25) is 5.91 Å². The van der Waals surface area contributed by atoms with Crippen LogP contribution in [0.15, 0.2) is 24.3 Å². The van der Waals surface area contributed by atoms with Crippen LogP contribution in [-0.2, 0) is 20.7 Å². The second-order valence-corrected chi connectivity index (χ2v) is 7.66. The number of carbonyl (C=O) groups excluding carboxylic acids is 2. The summed E-state index contributed by atoms with van der Waals surface area (Å²) in [6, 6.07) is 8.06. The van der Waals surface area contributed by atoms with Gasteiger partial charge >= 0.3 is 5.97 Å². The molecule has 0 heterocycles. The molecular formula is C21H33ClN2O3. The molecule has 0 bridgehead atoms. The number of nitrogens with one attached hydrogen (secondary N) is 1. The molecule has 1 saturated carbocycles. The summed E-state index contributed by atoms with van der Waals surface area (Å²) < 4.78 is 4.93. The van der Waals surface area contributed by atoms with Gasteiger partial charge in [-0.05, 0) is 43.7 Å². The Morgan fingerprint density at radius 1 is 1.26 bits per heavy atom. The van der Waals surface area contributed by atoms with Crippen LogP contribution < -0.4 is 11.1 Å². The van der Waals surface area contributed by atoms with Gasteiger partial charge in [0.15, 0.2) is 0 Å². The van der Waals surface area contributed by atoms with Gasteiger partial charge in [-0.15, -0.1) is 12.4 Å². The number of methoxy groups -OCH3 is 1. The summed E-state index contributed by atoms with van der Waals surface area (Å²) in [6.07, 6.45) is 6.54. The third-order valence-electron chi connectivity index (χ3n) is 5.53. The van der Waals surface area contributed by atoms with Gasteiger partial charge in [0.25, 0.3) is 0 Å². The number of carbonyl (C=O) groups is 2. The minimum absolute atomic E-state index is 0. The Bertz CT molecular complexity index is 615. The smallest absolute Gasteiger partial charge is 0.310 e. The van der Waals surface area contributed by atoms with E-state index in [1.54, 1.807) is 0 Å². The van der Waals surface area contributed by atoms with Crippen molar-refractivity contribution in [3.05, 3.63) is 35.4 Å². The molecule has 152 valence electrons. The van der Waals surface area contributed by atoms with Crippen molar-refractivity contribution >= 4 is 24.3 Å². The van der Waals surface area contributed by atoms with Gasteiger partial charge in [0.1, 0.15) is 0 Å². The normalized spacial score (nSPS) is 16.7. The molecule has 5 nitrogen and oxygen atoms in total. The second kappa shape index (κ2) is 11.3. The fourth-order valence-electron chi connectivity index (χ4n) is 3.92. The first-order chi connectivity index (χ1) is 12.5. The van der Waals surface area contributed by atoms with Crippen LogP contribution in [0.1, 0.15) is 49.7 Å². The summed E-state index contributed by atoms with van der Waals surface area (Å²) in [5.74, 6) is -0.695. The number of ether oxygens (including phenoxy) is 1. The summed E-state index contributed by atoms with van der Waals surface area (Å²) in [7, 11) is 1.39. The van der Waals surface area contributed by atoms with E-state index in [1.807, 2.05) is 25.1 Å². The summed E-state index contributed by atoms with van der Waals surface area (Å²) in [5.41, 5.74) is 8.12. The number of aryl methyl sites for hydroxylation is 1. The number of nitrogens with two attached hydrogens (primary N) is 1. The van der Waals surface area contributed by atoms with E-state index in [-0.39, 0.29) is 35.6 Å². The molecule has 0 saturated heterocycles. The van der Waals surface area contributed by atoms with Gasteiger partial charge < -0.3 is 15.8 Å². The molecule has 1 unspecified atom stereocenters. The number of benzene rings is 1. The molecule has 1 aromatic carbocycles. The lowest BCUT2D eigenvalue weighted by Crippen LogP contribution is -2.41. The topological polar surface area (TPSA) is 81.4 Å². The molecule has 1 aliphatic carbocycles. The minimum atomic E-state index is -0.383. The molecule has 1 fully saturated rings. The summed E-state index contributed by atoms with van der Waals surface area (Å²) in [4.78, 5) is 24.6. The maximum absolute atomic E-state index is 12.5. The zero-order chi connectivity index (χ0) is 19.0.